The Labute approximate surface area is 209 Å². The Morgan fingerprint density at radius 2 is 1.83 bits per heavy atom. The largest absolute Gasteiger partial charge is 0.464 e. The van der Waals surface area contributed by atoms with Crippen LogP contribution in [0.25, 0.3) is 27.7 Å². The predicted octanol–water partition coefficient (Wildman–Crippen LogP) is 4.19. The van der Waals surface area contributed by atoms with E-state index in [1.165, 1.54) is 5.56 Å². The third kappa shape index (κ3) is 4.08. The van der Waals surface area contributed by atoms with Gasteiger partial charge >= 0.3 is 0 Å². The van der Waals surface area contributed by atoms with E-state index in [0.717, 1.165) is 47.4 Å². The van der Waals surface area contributed by atoms with Gasteiger partial charge in [0.25, 0.3) is 0 Å². The zero-order valence-corrected chi connectivity index (χ0v) is 20.9. The lowest BCUT2D eigenvalue weighted by Crippen LogP contribution is -2.37. The Kier molecular flexibility index (Phi) is 5.81. The van der Waals surface area contributed by atoms with Gasteiger partial charge in [-0.2, -0.15) is 0 Å². The smallest absolute Gasteiger partial charge is 0.181 e. The number of benzene rings is 2. The summed E-state index contributed by atoms with van der Waals surface area (Å²) in [5.74, 6) is 0.862. The highest BCUT2D eigenvalue weighted by molar-refractivity contribution is 7.92. The lowest BCUT2D eigenvalue weighted by molar-refractivity contribution is 0.277. The van der Waals surface area contributed by atoms with Crippen molar-refractivity contribution in [2.75, 3.05) is 20.1 Å². The van der Waals surface area contributed by atoms with Crippen molar-refractivity contribution in [3.63, 3.8) is 0 Å². The molecule has 1 aliphatic rings. The van der Waals surface area contributed by atoms with E-state index in [-0.39, 0.29) is 5.25 Å². The fourth-order valence-corrected chi connectivity index (χ4v) is 6.82. The summed E-state index contributed by atoms with van der Waals surface area (Å²) in [6.07, 6.45) is 8.05. The van der Waals surface area contributed by atoms with Crippen LogP contribution in [0, 0.1) is 0 Å². The predicted molar refractivity (Wildman–Crippen MR) is 138 cm³/mol. The van der Waals surface area contributed by atoms with Crippen LogP contribution in [0.5, 0.6) is 0 Å². The first-order valence-corrected chi connectivity index (χ1v) is 13.7. The van der Waals surface area contributed by atoms with Gasteiger partial charge in [0.15, 0.2) is 15.5 Å². The molecule has 6 rings (SSSR count). The number of fused-ring (bicyclic) bond motifs is 2. The third-order valence-corrected chi connectivity index (χ3v) is 9.49. The summed E-state index contributed by atoms with van der Waals surface area (Å²) in [6.45, 7) is 1.62. The average Bonchev–Trinajstić information content (AvgIpc) is 3.58. The molecule has 5 aromatic rings. The van der Waals surface area contributed by atoms with Crippen molar-refractivity contribution < 1.29 is 12.8 Å². The molecule has 0 bridgehead atoms. The molecule has 8 nitrogen and oxygen atoms in total. The number of rotatable bonds is 6. The van der Waals surface area contributed by atoms with Crippen molar-refractivity contribution in [1.82, 2.24) is 24.5 Å². The van der Waals surface area contributed by atoms with Gasteiger partial charge in [0.1, 0.15) is 17.7 Å². The van der Waals surface area contributed by atoms with Crippen LogP contribution in [-0.2, 0) is 22.7 Å². The zero-order chi connectivity index (χ0) is 24.7. The Morgan fingerprint density at radius 1 is 1.03 bits per heavy atom. The summed E-state index contributed by atoms with van der Waals surface area (Å²) in [5.41, 5.74) is 4.46. The molecule has 3 aromatic heterocycles. The van der Waals surface area contributed by atoms with Crippen LogP contribution in [0.2, 0.25) is 0 Å². The summed E-state index contributed by atoms with van der Waals surface area (Å²) in [4.78, 5) is 7.27. The van der Waals surface area contributed by atoms with Crippen molar-refractivity contribution in [1.29, 1.82) is 0 Å². The lowest BCUT2D eigenvalue weighted by atomic mass is 10.0. The molecular formula is C27H27N5O3S. The van der Waals surface area contributed by atoms with Crippen molar-refractivity contribution in [2.45, 2.75) is 35.8 Å². The monoisotopic (exact) mass is 501 g/mol. The molecule has 0 aliphatic carbocycles. The number of piperidine rings is 1. The van der Waals surface area contributed by atoms with Gasteiger partial charge in [-0.1, -0.05) is 24.3 Å². The number of hydrogen-bond acceptors (Lipinski definition) is 7. The van der Waals surface area contributed by atoms with Crippen LogP contribution in [0.15, 0.2) is 76.6 Å². The van der Waals surface area contributed by atoms with Crippen LogP contribution in [0.3, 0.4) is 0 Å². The number of furan rings is 1. The summed E-state index contributed by atoms with van der Waals surface area (Å²) in [5, 5.41) is 9.26. The maximum atomic E-state index is 13.1. The molecule has 184 valence electrons. The topological polar surface area (TPSA) is 93.6 Å². The second-order valence-corrected chi connectivity index (χ2v) is 11.7. The molecule has 0 saturated carbocycles. The molecule has 1 saturated heterocycles. The second-order valence-electron chi connectivity index (χ2n) is 9.43. The van der Waals surface area contributed by atoms with E-state index in [1.807, 2.05) is 41.8 Å². The number of hydrogen-bond donors (Lipinski definition) is 0. The minimum atomic E-state index is -3.35. The van der Waals surface area contributed by atoms with Gasteiger partial charge in [-0.25, -0.2) is 13.4 Å². The van der Waals surface area contributed by atoms with E-state index < -0.39 is 9.84 Å². The number of likely N-dealkylation sites (tertiary alicyclic amines) is 1. The van der Waals surface area contributed by atoms with E-state index in [4.69, 9.17) is 9.40 Å². The number of aryl methyl sites for hydroxylation is 2. The average molecular weight is 502 g/mol. The van der Waals surface area contributed by atoms with Crippen molar-refractivity contribution in [2.24, 2.45) is 0 Å². The van der Waals surface area contributed by atoms with Crippen LogP contribution >= 0.6 is 0 Å². The molecule has 0 spiro atoms. The lowest BCUT2D eigenvalue weighted by Gasteiger charge is -2.28. The minimum Gasteiger partial charge on any atom is -0.464 e. The van der Waals surface area contributed by atoms with Crippen molar-refractivity contribution >= 4 is 26.5 Å². The normalized spacial score (nSPS) is 15.7. The molecule has 0 amide bonds. The van der Waals surface area contributed by atoms with Gasteiger partial charge in [0, 0.05) is 23.6 Å². The summed E-state index contributed by atoms with van der Waals surface area (Å²) < 4.78 is 33.7. The van der Waals surface area contributed by atoms with Crippen LogP contribution in [0.1, 0.15) is 24.2 Å². The fraction of sp³-hybridized carbons (Fsp3) is 0.296. The highest BCUT2D eigenvalue weighted by Crippen LogP contribution is 2.29. The fourth-order valence-electron chi connectivity index (χ4n) is 5.09. The highest BCUT2D eigenvalue weighted by atomic mass is 32.2. The molecule has 0 N–H and O–H groups in total. The van der Waals surface area contributed by atoms with Crippen molar-refractivity contribution in [3.8, 4) is 11.1 Å². The Balaban J connectivity index is 1.25. The standard InChI is InChI=1S/C27H27N5O3S/c1-31-14-11-22(12-15-31)36(33,34)21-8-5-20(6-9-21)24-17-28-26(32-18-29-30-27(24)32)10-7-19-3-2-4-25-23(19)13-16-35-25/h2-6,8-9,13,16-18,22H,7,10-12,14-15H2,1H3. The maximum absolute atomic E-state index is 13.1. The van der Waals surface area contributed by atoms with Crippen LogP contribution < -0.4 is 0 Å². The zero-order valence-electron chi connectivity index (χ0n) is 20.0. The molecule has 4 heterocycles. The molecule has 0 radical (unpaired) electrons. The SMILES string of the molecule is CN1CCC(S(=O)(=O)c2ccc(-c3cnc(CCc4cccc5occc45)n4cnnc34)cc2)CC1. The number of aromatic nitrogens is 4. The first-order valence-electron chi connectivity index (χ1n) is 12.2. The van der Waals surface area contributed by atoms with Gasteiger partial charge in [-0.15, -0.1) is 10.2 Å². The summed E-state index contributed by atoms with van der Waals surface area (Å²) in [7, 11) is -1.32. The molecular weight excluding hydrogens is 474 g/mol. The van der Waals surface area contributed by atoms with Gasteiger partial charge in [-0.3, -0.25) is 4.40 Å². The van der Waals surface area contributed by atoms with Crippen molar-refractivity contribution in [3.05, 3.63) is 78.7 Å². The van der Waals surface area contributed by atoms with Gasteiger partial charge in [0.05, 0.1) is 16.4 Å². The molecule has 1 fully saturated rings. The molecule has 36 heavy (non-hydrogen) atoms. The summed E-state index contributed by atoms with van der Waals surface area (Å²) in [6, 6.07) is 15.2. The third-order valence-electron chi connectivity index (χ3n) is 7.21. The number of sulfone groups is 1. The number of nitrogens with zero attached hydrogens (tertiary/aromatic N) is 5. The Hall–Kier alpha value is -3.56. The van der Waals surface area contributed by atoms with Crippen LogP contribution in [-0.4, -0.2) is 58.3 Å². The van der Waals surface area contributed by atoms with E-state index >= 15 is 0 Å². The van der Waals surface area contributed by atoms with E-state index in [0.29, 0.717) is 29.8 Å². The molecule has 1 aliphatic heterocycles. The molecule has 2 aromatic carbocycles. The van der Waals surface area contributed by atoms with Gasteiger partial charge < -0.3 is 9.32 Å². The quantitative estimate of drug-likeness (QED) is 0.344. The molecule has 0 atom stereocenters. The Bertz CT molecular complexity index is 1630. The van der Waals surface area contributed by atoms with E-state index in [9.17, 15) is 8.42 Å². The second kappa shape index (κ2) is 9.15. The van der Waals surface area contributed by atoms with E-state index in [2.05, 4.69) is 21.2 Å². The minimum absolute atomic E-state index is 0.323. The van der Waals surface area contributed by atoms with Gasteiger partial charge in [-0.05, 0) is 74.8 Å². The molecule has 9 heteroatoms. The van der Waals surface area contributed by atoms with Crippen LogP contribution in [0.4, 0.5) is 0 Å². The molecule has 0 unspecified atom stereocenters. The van der Waals surface area contributed by atoms with E-state index in [1.54, 1.807) is 30.9 Å². The summed E-state index contributed by atoms with van der Waals surface area (Å²) >= 11 is 0. The highest BCUT2D eigenvalue weighted by Gasteiger charge is 2.30. The Morgan fingerprint density at radius 3 is 2.64 bits per heavy atom. The van der Waals surface area contributed by atoms with Gasteiger partial charge in [0.2, 0.25) is 0 Å². The maximum Gasteiger partial charge on any atom is 0.181 e. The first-order chi connectivity index (χ1) is 17.5. The first kappa shape index (κ1) is 22.9.